The first-order valence-electron chi connectivity index (χ1n) is 8.41. The van der Waals surface area contributed by atoms with Gasteiger partial charge >= 0.3 is 6.18 Å². The molecule has 8 heteroatoms. The first-order valence-corrected chi connectivity index (χ1v) is 9.22. The second-order valence-corrected chi connectivity index (χ2v) is 8.55. The number of fused-ring (bicyclic) bond motifs is 1. The number of ether oxygens (including phenoxy) is 1. The fourth-order valence-electron chi connectivity index (χ4n) is 2.26. The number of hydrogen-bond donors (Lipinski definition) is 1. The lowest BCUT2D eigenvalue weighted by Crippen LogP contribution is -2.27. The minimum atomic E-state index is -4.59. The average molecular weight is 402 g/mol. The molecule has 0 fully saturated rings. The molecule has 0 radical (unpaired) electrons. The van der Waals surface area contributed by atoms with Crippen LogP contribution in [0.15, 0.2) is 42.6 Å². The van der Waals surface area contributed by atoms with Crippen molar-refractivity contribution in [3.8, 4) is 5.75 Å². The number of aromatic nitrogens is 1. The van der Waals surface area contributed by atoms with E-state index in [0.29, 0.717) is 12.1 Å². The third kappa shape index (κ3) is 6.70. The summed E-state index contributed by atoms with van der Waals surface area (Å²) in [7, 11) is 0. The van der Waals surface area contributed by atoms with Crippen molar-refractivity contribution in [3.63, 3.8) is 0 Å². The molecule has 0 aliphatic carbocycles. The van der Waals surface area contributed by atoms with Gasteiger partial charge in [0.05, 0.1) is 18.2 Å². The Morgan fingerprint density at radius 2 is 1.81 bits per heavy atom. The number of pyridine rings is 1. The molecule has 3 nitrogen and oxygen atoms in total. The van der Waals surface area contributed by atoms with Crippen LogP contribution in [0.4, 0.5) is 17.6 Å². The quantitative estimate of drug-likeness (QED) is 0.510. The highest BCUT2D eigenvalue weighted by Gasteiger charge is 2.33. The van der Waals surface area contributed by atoms with Crippen LogP contribution in [-0.2, 0) is 6.18 Å². The molecule has 148 valence electrons. The SMILES string of the molecule is CC(C)(C)SNC1CCOc2cccnc21.Fc1ccccc1C(F)(F)F. The van der Waals surface area contributed by atoms with Crippen LogP contribution in [0.2, 0.25) is 0 Å². The van der Waals surface area contributed by atoms with Crippen molar-refractivity contribution in [2.24, 2.45) is 0 Å². The van der Waals surface area contributed by atoms with Crippen LogP contribution in [0.25, 0.3) is 0 Å². The first kappa shape index (κ1) is 21.5. The van der Waals surface area contributed by atoms with Gasteiger partial charge in [-0.05, 0) is 45.0 Å². The molecule has 1 aromatic carbocycles. The van der Waals surface area contributed by atoms with E-state index in [1.807, 2.05) is 18.3 Å². The molecule has 27 heavy (non-hydrogen) atoms. The Hall–Kier alpha value is -1.80. The molecule has 1 aromatic heterocycles. The summed E-state index contributed by atoms with van der Waals surface area (Å²) in [5, 5.41) is 0. The Kier molecular flexibility index (Phi) is 7.11. The number of halogens is 4. The predicted octanol–water partition coefficient (Wildman–Crippen LogP) is 5.79. The van der Waals surface area contributed by atoms with E-state index in [0.717, 1.165) is 36.6 Å². The Bertz CT molecular complexity index is 747. The van der Waals surface area contributed by atoms with Crippen molar-refractivity contribution >= 4 is 11.9 Å². The van der Waals surface area contributed by atoms with Gasteiger partial charge in [-0.25, -0.2) is 4.39 Å². The van der Waals surface area contributed by atoms with Crippen molar-refractivity contribution in [1.29, 1.82) is 0 Å². The normalized spacial score (nSPS) is 16.6. The van der Waals surface area contributed by atoms with Gasteiger partial charge in [0.15, 0.2) is 0 Å². The van der Waals surface area contributed by atoms with E-state index < -0.39 is 17.6 Å². The van der Waals surface area contributed by atoms with Gasteiger partial charge in [-0.1, -0.05) is 24.1 Å². The van der Waals surface area contributed by atoms with E-state index in [9.17, 15) is 17.6 Å². The van der Waals surface area contributed by atoms with Crippen LogP contribution in [0.3, 0.4) is 0 Å². The molecule has 1 unspecified atom stereocenters. The molecule has 3 rings (SSSR count). The second kappa shape index (κ2) is 8.93. The number of alkyl halides is 3. The molecule has 0 saturated carbocycles. The van der Waals surface area contributed by atoms with Gasteiger partial charge in [0, 0.05) is 17.4 Å². The highest BCUT2D eigenvalue weighted by Crippen LogP contribution is 2.33. The summed E-state index contributed by atoms with van der Waals surface area (Å²) in [6, 6.07) is 8.04. The smallest absolute Gasteiger partial charge is 0.419 e. The molecule has 1 atom stereocenters. The standard InChI is InChI=1S/C12H18N2OS.C7H4F4/c1-12(2,3)16-14-9-6-8-15-10-5-4-7-13-11(9)10;8-6-4-2-1-3-5(6)7(9,10)11/h4-5,7,9,14H,6,8H2,1-3H3;1-4H. The van der Waals surface area contributed by atoms with Crippen LogP contribution in [0.1, 0.15) is 44.5 Å². The van der Waals surface area contributed by atoms with Gasteiger partial charge < -0.3 is 4.74 Å². The Balaban J connectivity index is 0.000000208. The molecule has 0 spiro atoms. The van der Waals surface area contributed by atoms with Gasteiger partial charge in [-0.15, -0.1) is 0 Å². The van der Waals surface area contributed by atoms with Crippen LogP contribution in [0.5, 0.6) is 5.75 Å². The van der Waals surface area contributed by atoms with Crippen molar-refractivity contribution < 1.29 is 22.3 Å². The van der Waals surface area contributed by atoms with E-state index in [-0.39, 0.29) is 4.75 Å². The topological polar surface area (TPSA) is 34.1 Å². The van der Waals surface area contributed by atoms with E-state index in [4.69, 9.17) is 4.74 Å². The highest BCUT2D eigenvalue weighted by molar-refractivity contribution is 7.98. The summed E-state index contributed by atoms with van der Waals surface area (Å²) in [6.45, 7) is 7.36. The van der Waals surface area contributed by atoms with Gasteiger partial charge in [-0.3, -0.25) is 9.71 Å². The zero-order chi connectivity index (χ0) is 20.1. The number of nitrogens with one attached hydrogen (secondary N) is 1. The minimum absolute atomic E-state index is 0.216. The average Bonchev–Trinajstić information content (AvgIpc) is 2.59. The lowest BCUT2D eigenvalue weighted by atomic mass is 10.1. The summed E-state index contributed by atoms with van der Waals surface area (Å²) in [5.74, 6) is -0.319. The first-order chi connectivity index (χ1) is 12.6. The molecular formula is C19H22F4N2OS. The number of nitrogens with zero attached hydrogens (tertiary/aromatic N) is 1. The van der Waals surface area contributed by atoms with Crippen molar-refractivity contribution in [2.45, 2.75) is 44.2 Å². The largest absolute Gasteiger partial charge is 0.492 e. The van der Waals surface area contributed by atoms with E-state index >= 15 is 0 Å². The summed E-state index contributed by atoms with van der Waals surface area (Å²) >= 11 is 1.76. The number of hydrogen-bond acceptors (Lipinski definition) is 4. The Labute approximate surface area is 160 Å². The minimum Gasteiger partial charge on any atom is -0.492 e. The zero-order valence-corrected chi connectivity index (χ0v) is 16.1. The molecular weight excluding hydrogens is 380 g/mol. The fourth-order valence-corrected chi connectivity index (χ4v) is 2.99. The van der Waals surface area contributed by atoms with Crippen LogP contribution >= 0.6 is 11.9 Å². The van der Waals surface area contributed by atoms with Crippen molar-refractivity contribution in [1.82, 2.24) is 9.71 Å². The van der Waals surface area contributed by atoms with E-state index in [2.05, 4.69) is 30.5 Å². The monoisotopic (exact) mass is 402 g/mol. The summed E-state index contributed by atoms with van der Waals surface area (Å²) in [6.07, 6.45) is -1.79. The van der Waals surface area contributed by atoms with Crippen molar-refractivity contribution in [2.75, 3.05) is 6.61 Å². The number of rotatable bonds is 2. The van der Waals surface area contributed by atoms with Crippen LogP contribution in [0, 0.1) is 5.82 Å². The third-order valence-electron chi connectivity index (χ3n) is 3.48. The molecule has 2 heterocycles. The molecule has 2 aromatic rings. The van der Waals surface area contributed by atoms with E-state index in [1.54, 1.807) is 11.9 Å². The predicted molar refractivity (Wildman–Crippen MR) is 99.0 cm³/mol. The maximum Gasteiger partial charge on any atom is 0.419 e. The number of benzene rings is 1. The lowest BCUT2D eigenvalue weighted by molar-refractivity contribution is -0.140. The van der Waals surface area contributed by atoms with Gasteiger partial charge in [-0.2, -0.15) is 13.2 Å². The maximum atomic E-state index is 12.4. The van der Waals surface area contributed by atoms with Gasteiger partial charge in [0.25, 0.3) is 0 Å². The molecule has 0 bridgehead atoms. The molecule has 0 amide bonds. The molecule has 1 aliphatic heterocycles. The van der Waals surface area contributed by atoms with Gasteiger partial charge in [0.2, 0.25) is 0 Å². The Morgan fingerprint density at radius 1 is 1.11 bits per heavy atom. The highest BCUT2D eigenvalue weighted by atomic mass is 32.2. The Morgan fingerprint density at radius 3 is 2.41 bits per heavy atom. The van der Waals surface area contributed by atoms with Crippen LogP contribution < -0.4 is 9.46 Å². The third-order valence-corrected chi connectivity index (χ3v) is 4.50. The lowest BCUT2D eigenvalue weighted by Gasteiger charge is -2.28. The van der Waals surface area contributed by atoms with Crippen LogP contribution in [-0.4, -0.2) is 16.3 Å². The molecule has 0 saturated heterocycles. The summed E-state index contributed by atoms with van der Waals surface area (Å²) in [5.41, 5.74) is -0.189. The van der Waals surface area contributed by atoms with Crippen molar-refractivity contribution in [3.05, 3.63) is 59.7 Å². The summed E-state index contributed by atoms with van der Waals surface area (Å²) in [4.78, 5) is 4.40. The maximum absolute atomic E-state index is 12.4. The zero-order valence-electron chi connectivity index (χ0n) is 15.3. The second-order valence-electron chi connectivity index (χ2n) is 6.89. The molecule has 1 N–H and O–H groups in total. The fraction of sp³-hybridized carbons (Fsp3) is 0.421. The van der Waals surface area contributed by atoms with Gasteiger partial charge in [0.1, 0.15) is 17.3 Å². The summed E-state index contributed by atoms with van der Waals surface area (Å²) < 4.78 is 57.1. The van der Waals surface area contributed by atoms with E-state index in [1.165, 1.54) is 6.07 Å². The molecule has 1 aliphatic rings.